The molecular formula is C22H23FN4O2S. The van der Waals surface area contributed by atoms with Crippen molar-refractivity contribution in [3.8, 4) is 0 Å². The maximum absolute atomic E-state index is 12.9. The van der Waals surface area contributed by atoms with E-state index in [1.807, 2.05) is 24.0 Å². The van der Waals surface area contributed by atoms with Gasteiger partial charge in [0.2, 0.25) is 11.8 Å². The van der Waals surface area contributed by atoms with E-state index in [0.29, 0.717) is 36.8 Å². The van der Waals surface area contributed by atoms with Crippen molar-refractivity contribution >= 4 is 44.2 Å². The van der Waals surface area contributed by atoms with Gasteiger partial charge in [-0.3, -0.25) is 14.5 Å². The number of fused-ring (bicyclic) bond motifs is 1. The number of thiazole rings is 1. The van der Waals surface area contributed by atoms with E-state index < -0.39 is 0 Å². The van der Waals surface area contributed by atoms with E-state index in [0.717, 1.165) is 10.2 Å². The van der Waals surface area contributed by atoms with Crippen LogP contribution >= 0.6 is 11.3 Å². The summed E-state index contributed by atoms with van der Waals surface area (Å²) < 4.78 is 14.0. The Hall–Kier alpha value is -2.84. The average Bonchev–Trinajstić information content (AvgIpc) is 3.11. The fourth-order valence-corrected chi connectivity index (χ4v) is 4.55. The van der Waals surface area contributed by atoms with Gasteiger partial charge in [0, 0.05) is 11.6 Å². The molecule has 0 saturated carbocycles. The number of halogens is 1. The van der Waals surface area contributed by atoms with Crippen molar-refractivity contribution in [3.63, 3.8) is 0 Å². The third-order valence-corrected chi connectivity index (χ3v) is 6.16. The summed E-state index contributed by atoms with van der Waals surface area (Å²) in [7, 11) is 0. The summed E-state index contributed by atoms with van der Waals surface area (Å²) in [5.74, 6) is -0.583. The molecule has 0 radical (unpaired) electrons. The third-order valence-electron chi connectivity index (χ3n) is 5.23. The van der Waals surface area contributed by atoms with Crippen LogP contribution < -0.4 is 10.6 Å². The highest BCUT2D eigenvalue weighted by Gasteiger charge is 2.26. The van der Waals surface area contributed by atoms with Gasteiger partial charge in [-0.2, -0.15) is 0 Å². The Morgan fingerprint density at radius 2 is 1.87 bits per heavy atom. The summed E-state index contributed by atoms with van der Waals surface area (Å²) >= 11 is 1.48. The van der Waals surface area contributed by atoms with Gasteiger partial charge in [0.1, 0.15) is 5.82 Å². The smallest absolute Gasteiger partial charge is 0.238 e. The first-order valence-electron chi connectivity index (χ1n) is 9.92. The summed E-state index contributed by atoms with van der Waals surface area (Å²) in [6.07, 6.45) is 1.39. The molecule has 1 aliphatic rings. The third kappa shape index (κ3) is 5.01. The summed E-state index contributed by atoms with van der Waals surface area (Å²) in [6.45, 7) is 3.63. The van der Waals surface area contributed by atoms with Gasteiger partial charge in [-0.05, 0) is 74.8 Å². The Labute approximate surface area is 178 Å². The van der Waals surface area contributed by atoms with E-state index in [2.05, 4.69) is 21.7 Å². The second-order valence-electron chi connectivity index (χ2n) is 7.58. The van der Waals surface area contributed by atoms with Crippen molar-refractivity contribution < 1.29 is 14.0 Å². The molecule has 1 aliphatic heterocycles. The zero-order valence-electron chi connectivity index (χ0n) is 16.7. The lowest BCUT2D eigenvalue weighted by Crippen LogP contribution is -2.41. The number of hydrogen-bond acceptors (Lipinski definition) is 5. The van der Waals surface area contributed by atoms with Crippen molar-refractivity contribution in [1.29, 1.82) is 0 Å². The summed E-state index contributed by atoms with van der Waals surface area (Å²) in [6, 6.07) is 11.7. The lowest BCUT2D eigenvalue weighted by atomic mass is 9.96. The molecule has 0 bridgehead atoms. The molecule has 6 nitrogen and oxygen atoms in total. The quantitative estimate of drug-likeness (QED) is 0.646. The fourth-order valence-electron chi connectivity index (χ4n) is 3.58. The molecule has 4 rings (SSSR count). The number of hydrogen-bond donors (Lipinski definition) is 2. The summed E-state index contributed by atoms with van der Waals surface area (Å²) in [5, 5.41) is 6.35. The van der Waals surface area contributed by atoms with Crippen LogP contribution in [-0.2, 0) is 9.59 Å². The van der Waals surface area contributed by atoms with Crippen molar-refractivity contribution in [2.75, 3.05) is 30.3 Å². The highest BCUT2D eigenvalue weighted by atomic mass is 32.1. The molecule has 8 heteroatoms. The number of nitrogens with one attached hydrogen (secondary N) is 2. The first-order chi connectivity index (χ1) is 14.5. The van der Waals surface area contributed by atoms with Gasteiger partial charge in [0.15, 0.2) is 5.13 Å². The van der Waals surface area contributed by atoms with Gasteiger partial charge in [-0.15, -0.1) is 0 Å². The average molecular weight is 427 g/mol. The van der Waals surface area contributed by atoms with E-state index in [1.54, 1.807) is 0 Å². The lowest BCUT2D eigenvalue weighted by molar-refractivity contribution is -0.121. The maximum Gasteiger partial charge on any atom is 0.238 e. The molecule has 0 aliphatic carbocycles. The van der Waals surface area contributed by atoms with E-state index >= 15 is 0 Å². The number of rotatable bonds is 5. The van der Waals surface area contributed by atoms with Crippen molar-refractivity contribution in [3.05, 3.63) is 53.8 Å². The predicted molar refractivity (Wildman–Crippen MR) is 117 cm³/mol. The van der Waals surface area contributed by atoms with Crippen molar-refractivity contribution in [2.45, 2.75) is 19.8 Å². The minimum Gasteiger partial charge on any atom is -0.325 e. The normalized spacial score (nSPS) is 15.3. The Morgan fingerprint density at radius 1 is 1.13 bits per heavy atom. The first-order valence-corrected chi connectivity index (χ1v) is 10.7. The van der Waals surface area contributed by atoms with Crippen molar-refractivity contribution in [1.82, 2.24) is 9.88 Å². The number of anilines is 2. The fraction of sp³-hybridized carbons (Fsp3) is 0.318. The monoisotopic (exact) mass is 426 g/mol. The molecule has 30 heavy (non-hydrogen) atoms. The van der Waals surface area contributed by atoms with Crippen LogP contribution in [0.15, 0.2) is 42.5 Å². The second-order valence-corrected chi connectivity index (χ2v) is 8.62. The predicted octanol–water partition coefficient (Wildman–Crippen LogP) is 4.03. The van der Waals surface area contributed by atoms with Crippen LogP contribution in [0.3, 0.4) is 0 Å². The number of carbonyl (C=O) groups is 2. The lowest BCUT2D eigenvalue weighted by Gasteiger charge is -2.30. The standard InChI is InChI=1S/C22H23FN4O2S/c1-14-2-7-18-19(12-14)30-22(25-18)26-21(29)15-8-10-27(11-9-15)13-20(28)24-17-5-3-16(23)4-6-17/h2-7,12,15H,8-11,13H2,1H3,(H,24,28)(H,25,26,29). The van der Waals surface area contributed by atoms with E-state index in [1.165, 1.54) is 41.2 Å². The second kappa shape index (κ2) is 8.89. The SMILES string of the molecule is Cc1ccc2nc(NC(=O)C3CCN(CC(=O)Nc4ccc(F)cc4)CC3)sc2c1. The van der Waals surface area contributed by atoms with E-state index in [-0.39, 0.29) is 30.1 Å². The van der Waals surface area contributed by atoms with Gasteiger partial charge in [0.25, 0.3) is 0 Å². The molecule has 2 amide bonds. The van der Waals surface area contributed by atoms with Gasteiger partial charge in [-0.25, -0.2) is 9.37 Å². The molecule has 0 spiro atoms. The van der Waals surface area contributed by atoms with Gasteiger partial charge >= 0.3 is 0 Å². The highest BCUT2D eigenvalue weighted by molar-refractivity contribution is 7.22. The van der Waals surface area contributed by atoms with Crippen LogP contribution in [0.25, 0.3) is 10.2 Å². The van der Waals surface area contributed by atoms with Gasteiger partial charge < -0.3 is 10.6 Å². The largest absolute Gasteiger partial charge is 0.325 e. The Kier molecular flexibility index (Phi) is 6.06. The number of amides is 2. The molecule has 2 N–H and O–H groups in total. The van der Waals surface area contributed by atoms with Crippen LogP contribution in [0.2, 0.25) is 0 Å². The minimum absolute atomic E-state index is 0.0128. The molecule has 0 atom stereocenters. The number of piperidine rings is 1. The first kappa shape index (κ1) is 20.4. The van der Waals surface area contributed by atoms with Crippen LogP contribution in [0.5, 0.6) is 0 Å². The van der Waals surface area contributed by atoms with Crippen LogP contribution in [0, 0.1) is 18.7 Å². The van der Waals surface area contributed by atoms with Crippen molar-refractivity contribution in [2.24, 2.45) is 5.92 Å². The zero-order valence-corrected chi connectivity index (χ0v) is 17.5. The molecule has 1 aromatic heterocycles. The number of aryl methyl sites for hydroxylation is 1. The molecule has 2 heterocycles. The molecular weight excluding hydrogens is 403 g/mol. The van der Waals surface area contributed by atoms with Crippen LogP contribution in [0.4, 0.5) is 15.2 Å². The zero-order chi connectivity index (χ0) is 21.1. The van der Waals surface area contributed by atoms with E-state index in [9.17, 15) is 14.0 Å². The van der Waals surface area contributed by atoms with E-state index in [4.69, 9.17) is 0 Å². The minimum atomic E-state index is -0.339. The molecule has 2 aromatic carbocycles. The molecule has 3 aromatic rings. The number of carbonyl (C=O) groups excluding carboxylic acids is 2. The van der Waals surface area contributed by atoms with Gasteiger partial charge in [-0.1, -0.05) is 17.4 Å². The summed E-state index contributed by atoms with van der Waals surface area (Å²) in [4.78, 5) is 31.4. The number of nitrogens with zero attached hydrogens (tertiary/aromatic N) is 2. The van der Waals surface area contributed by atoms with Crippen LogP contribution in [0.1, 0.15) is 18.4 Å². The van der Waals surface area contributed by atoms with Gasteiger partial charge in [0.05, 0.1) is 16.8 Å². The number of aromatic nitrogens is 1. The maximum atomic E-state index is 12.9. The Balaban J connectivity index is 1.25. The Morgan fingerprint density at radius 3 is 2.60 bits per heavy atom. The number of likely N-dealkylation sites (tertiary alicyclic amines) is 1. The highest BCUT2D eigenvalue weighted by Crippen LogP contribution is 2.28. The molecule has 1 fully saturated rings. The molecule has 1 saturated heterocycles. The Bertz CT molecular complexity index is 1060. The molecule has 0 unspecified atom stereocenters. The topological polar surface area (TPSA) is 74.3 Å². The van der Waals surface area contributed by atoms with Crippen LogP contribution in [-0.4, -0.2) is 41.3 Å². The molecule has 156 valence electrons. The number of benzene rings is 2. The summed E-state index contributed by atoms with van der Waals surface area (Å²) in [5.41, 5.74) is 2.63.